The van der Waals surface area contributed by atoms with Gasteiger partial charge < -0.3 is 10.2 Å². The molecule has 1 amide bonds. The Kier molecular flexibility index (Phi) is 4.07. The van der Waals surface area contributed by atoms with Gasteiger partial charge in [0.15, 0.2) is 0 Å². The molecule has 1 aromatic carbocycles. The summed E-state index contributed by atoms with van der Waals surface area (Å²) < 4.78 is 0. The summed E-state index contributed by atoms with van der Waals surface area (Å²) in [6, 6.07) is 6.41. The second-order valence-electron chi connectivity index (χ2n) is 4.25. The first kappa shape index (κ1) is 12.5. The lowest BCUT2D eigenvalue weighted by molar-refractivity contribution is -0.116. The van der Waals surface area contributed by atoms with E-state index in [0.29, 0.717) is 5.75 Å². The Morgan fingerprint density at radius 1 is 1.47 bits per heavy atom. The van der Waals surface area contributed by atoms with Crippen molar-refractivity contribution in [3.05, 3.63) is 23.8 Å². The van der Waals surface area contributed by atoms with Gasteiger partial charge in [-0.1, -0.05) is 6.07 Å². The van der Waals surface area contributed by atoms with E-state index < -0.39 is 0 Å². The summed E-state index contributed by atoms with van der Waals surface area (Å²) in [5.74, 6) is 0.745. The second-order valence-corrected chi connectivity index (χ2v) is 5.27. The molecule has 1 N–H and O–H groups in total. The summed E-state index contributed by atoms with van der Waals surface area (Å²) >= 11 is 1.65. The van der Waals surface area contributed by atoms with Crippen molar-refractivity contribution >= 4 is 23.4 Å². The van der Waals surface area contributed by atoms with E-state index in [2.05, 4.69) is 23.5 Å². The van der Waals surface area contributed by atoms with E-state index in [0.717, 1.165) is 25.1 Å². The molecule has 0 atom stereocenters. The van der Waals surface area contributed by atoms with E-state index in [1.807, 2.05) is 14.1 Å². The number of amides is 1. The molecular weight excluding hydrogens is 232 g/mol. The lowest BCUT2D eigenvalue weighted by atomic mass is 10.1. The molecule has 0 unspecified atom stereocenters. The molecule has 0 saturated heterocycles. The molecule has 0 aromatic heterocycles. The number of hydrogen-bond donors (Lipinski definition) is 1. The number of aryl methyl sites for hydroxylation is 1. The Labute approximate surface area is 107 Å². The number of nitrogens with one attached hydrogen (secondary N) is 1. The zero-order valence-electron chi connectivity index (χ0n) is 10.3. The van der Waals surface area contributed by atoms with Gasteiger partial charge >= 0.3 is 0 Å². The lowest BCUT2D eigenvalue weighted by Crippen LogP contribution is -2.31. The average molecular weight is 250 g/mol. The summed E-state index contributed by atoms with van der Waals surface area (Å²) in [4.78, 5) is 14.5. The van der Waals surface area contributed by atoms with Gasteiger partial charge in [-0.3, -0.25) is 4.79 Å². The maximum absolute atomic E-state index is 11.5. The van der Waals surface area contributed by atoms with Crippen LogP contribution in [0.4, 0.5) is 5.69 Å². The molecule has 1 aliphatic rings. The number of hydrogen-bond acceptors (Lipinski definition) is 3. The Bertz CT molecular complexity index is 420. The summed E-state index contributed by atoms with van der Waals surface area (Å²) in [5.41, 5.74) is 2.40. The van der Waals surface area contributed by atoms with E-state index >= 15 is 0 Å². The van der Waals surface area contributed by atoms with E-state index in [-0.39, 0.29) is 5.91 Å². The largest absolute Gasteiger partial charge is 0.320 e. The minimum absolute atomic E-state index is 0.186. The topological polar surface area (TPSA) is 32.3 Å². The molecular formula is C13H18N2OS. The molecule has 17 heavy (non-hydrogen) atoms. The maximum atomic E-state index is 11.5. The molecule has 1 aromatic rings. The smallest absolute Gasteiger partial charge is 0.237 e. The predicted octanol–water partition coefficient (Wildman–Crippen LogP) is 1.91. The molecule has 0 fully saturated rings. The summed E-state index contributed by atoms with van der Waals surface area (Å²) in [7, 11) is 3.82. The number of nitrogens with zero attached hydrogens (tertiary/aromatic N) is 1. The van der Waals surface area contributed by atoms with Gasteiger partial charge in [0.1, 0.15) is 0 Å². The van der Waals surface area contributed by atoms with Crippen LogP contribution >= 0.6 is 11.8 Å². The third kappa shape index (κ3) is 2.82. The molecule has 4 heteroatoms. The van der Waals surface area contributed by atoms with Crippen LogP contribution in [-0.4, -0.2) is 32.3 Å². The minimum Gasteiger partial charge on any atom is -0.320 e. The predicted molar refractivity (Wildman–Crippen MR) is 72.8 cm³/mol. The van der Waals surface area contributed by atoms with Gasteiger partial charge in [-0.2, -0.15) is 0 Å². The number of carbonyl (C=O) groups excluding carboxylic acids is 1. The van der Waals surface area contributed by atoms with E-state index in [1.165, 1.54) is 10.5 Å². The molecule has 3 nitrogen and oxygen atoms in total. The highest BCUT2D eigenvalue weighted by Crippen LogP contribution is 2.35. The van der Waals surface area contributed by atoms with Crippen molar-refractivity contribution in [1.29, 1.82) is 0 Å². The Morgan fingerprint density at radius 2 is 2.29 bits per heavy atom. The first-order valence-electron chi connectivity index (χ1n) is 5.89. The monoisotopic (exact) mass is 250 g/mol. The van der Waals surface area contributed by atoms with Gasteiger partial charge in [-0.25, -0.2) is 0 Å². The molecule has 92 valence electrons. The van der Waals surface area contributed by atoms with Gasteiger partial charge in [0.2, 0.25) is 5.91 Å². The third-order valence-corrected chi connectivity index (χ3v) is 4.03. The van der Waals surface area contributed by atoms with Crippen LogP contribution in [0.5, 0.6) is 0 Å². The molecule has 0 saturated carbocycles. The van der Waals surface area contributed by atoms with E-state index in [1.54, 1.807) is 16.7 Å². The van der Waals surface area contributed by atoms with Gasteiger partial charge in [0.05, 0.1) is 11.4 Å². The standard InChI is InChI=1S/C13H18N2OS/c1-14-7-3-4-10-5-6-11-12(8-10)17-9-13(16)15(11)2/h5-6,8,14H,3-4,7,9H2,1-2H3. The van der Waals surface area contributed by atoms with Crippen LogP contribution in [0.2, 0.25) is 0 Å². The van der Waals surface area contributed by atoms with Gasteiger partial charge in [0, 0.05) is 11.9 Å². The fourth-order valence-corrected chi connectivity index (χ4v) is 3.01. The minimum atomic E-state index is 0.186. The van der Waals surface area contributed by atoms with Crippen molar-refractivity contribution in [2.75, 3.05) is 31.3 Å². The maximum Gasteiger partial charge on any atom is 0.237 e. The summed E-state index contributed by atoms with van der Waals surface area (Å²) in [6.07, 6.45) is 2.24. The van der Waals surface area contributed by atoms with Crippen molar-refractivity contribution in [3.63, 3.8) is 0 Å². The number of benzene rings is 1. The summed E-state index contributed by atoms with van der Waals surface area (Å²) in [5, 5.41) is 3.16. The average Bonchev–Trinajstić information content (AvgIpc) is 2.34. The SMILES string of the molecule is CNCCCc1ccc2c(c1)SCC(=O)N2C. The van der Waals surface area contributed by atoms with Crippen molar-refractivity contribution in [2.24, 2.45) is 0 Å². The fourth-order valence-electron chi connectivity index (χ4n) is 1.95. The first-order chi connectivity index (χ1) is 8.22. The summed E-state index contributed by atoms with van der Waals surface area (Å²) in [6.45, 7) is 1.04. The number of rotatable bonds is 4. The zero-order valence-corrected chi connectivity index (χ0v) is 11.1. The zero-order chi connectivity index (χ0) is 12.3. The van der Waals surface area contributed by atoms with Gasteiger partial charge in [-0.15, -0.1) is 11.8 Å². The number of anilines is 1. The highest BCUT2D eigenvalue weighted by Gasteiger charge is 2.21. The highest BCUT2D eigenvalue weighted by atomic mass is 32.2. The molecule has 2 rings (SSSR count). The highest BCUT2D eigenvalue weighted by molar-refractivity contribution is 8.00. The molecule has 0 radical (unpaired) electrons. The quantitative estimate of drug-likeness (QED) is 0.829. The number of fused-ring (bicyclic) bond motifs is 1. The van der Waals surface area contributed by atoms with Crippen LogP contribution in [-0.2, 0) is 11.2 Å². The van der Waals surface area contributed by atoms with Gasteiger partial charge in [-0.05, 0) is 44.1 Å². The Hall–Kier alpha value is -1.00. The van der Waals surface area contributed by atoms with Crippen molar-refractivity contribution in [3.8, 4) is 0 Å². The normalized spacial score (nSPS) is 14.9. The molecule has 0 aliphatic carbocycles. The van der Waals surface area contributed by atoms with Crippen LogP contribution in [0, 0.1) is 0 Å². The molecule has 0 spiro atoms. The Morgan fingerprint density at radius 3 is 3.06 bits per heavy atom. The fraction of sp³-hybridized carbons (Fsp3) is 0.462. The van der Waals surface area contributed by atoms with Gasteiger partial charge in [0.25, 0.3) is 0 Å². The first-order valence-corrected chi connectivity index (χ1v) is 6.88. The van der Waals surface area contributed by atoms with Crippen molar-refractivity contribution in [2.45, 2.75) is 17.7 Å². The number of thioether (sulfide) groups is 1. The van der Waals surface area contributed by atoms with Crippen LogP contribution in [0.15, 0.2) is 23.1 Å². The molecule has 1 heterocycles. The van der Waals surface area contributed by atoms with E-state index in [4.69, 9.17) is 0 Å². The number of carbonyl (C=O) groups is 1. The van der Waals surface area contributed by atoms with Crippen LogP contribution < -0.4 is 10.2 Å². The van der Waals surface area contributed by atoms with Crippen LogP contribution in [0.1, 0.15) is 12.0 Å². The molecule has 1 aliphatic heterocycles. The third-order valence-electron chi connectivity index (χ3n) is 3.00. The van der Waals surface area contributed by atoms with Crippen LogP contribution in [0.25, 0.3) is 0 Å². The second kappa shape index (κ2) is 5.56. The molecule has 0 bridgehead atoms. The lowest BCUT2D eigenvalue weighted by Gasteiger charge is -2.25. The van der Waals surface area contributed by atoms with E-state index in [9.17, 15) is 4.79 Å². The Balaban J connectivity index is 2.12. The van der Waals surface area contributed by atoms with Crippen LogP contribution in [0.3, 0.4) is 0 Å². The van der Waals surface area contributed by atoms with Crippen molar-refractivity contribution in [1.82, 2.24) is 5.32 Å². The van der Waals surface area contributed by atoms with Crippen molar-refractivity contribution < 1.29 is 4.79 Å².